The van der Waals surface area contributed by atoms with E-state index >= 15 is 0 Å². The van der Waals surface area contributed by atoms with Gasteiger partial charge in [-0.05, 0) is 30.4 Å². The smallest absolute Gasteiger partial charge is 0.201 e. The van der Waals surface area contributed by atoms with E-state index in [1.807, 2.05) is 6.07 Å². The number of carbonyl (C=O) groups excluding carboxylic acids is 1. The molecule has 0 radical (unpaired) electrons. The summed E-state index contributed by atoms with van der Waals surface area (Å²) in [4.78, 5) is 12.7. The average molecular weight is 284 g/mol. The van der Waals surface area contributed by atoms with Crippen molar-refractivity contribution in [3.63, 3.8) is 0 Å². The molecule has 112 valence electrons. The molecule has 1 aliphatic carbocycles. The molecule has 1 heterocycles. The molecule has 0 N–H and O–H groups in total. The second-order valence-corrected chi connectivity index (χ2v) is 6.16. The molecular formula is C19H24O2. The lowest BCUT2D eigenvalue weighted by Crippen LogP contribution is -2.17. The van der Waals surface area contributed by atoms with Crippen LogP contribution < -0.4 is 0 Å². The van der Waals surface area contributed by atoms with Gasteiger partial charge in [0.15, 0.2) is 5.76 Å². The summed E-state index contributed by atoms with van der Waals surface area (Å²) in [5.41, 5.74) is 2.54. The maximum atomic E-state index is 12.7. The van der Waals surface area contributed by atoms with Crippen molar-refractivity contribution in [3.05, 3.63) is 47.2 Å². The van der Waals surface area contributed by atoms with Crippen LogP contribution in [0.25, 0.3) is 0 Å². The van der Waals surface area contributed by atoms with Gasteiger partial charge in [0.25, 0.3) is 0 Å². The van der Waals surface area contributed by atoms with Crippen LogP contribution in [-0.2, 0) is 9.53 Å². The summed E-state index contributed by atoms with van der Waals surface area (Å²) in [6.07, 6.45) is 6.58. The van der Waals surface area contributed by atoms with Crippen molar-refractivity contribution >= 4 is 5.78 Å². The molecule has 3 rings (SSSR count). The van der Waals surface area contributed by atoms with Gasteiger partial charge in [-0.2, -0.15) is 0 Å². The molecule has 2 atom stereocenters. The highest BCUT2D eigenvalue weighted by Gasteiger charge is 2.44. The maximum Gasteiger partial charge on any atom is 0.201 e. The molecule has 0 saturated carbocycles. The van der Waals surface area contributed by atoms with Crippen LogP contribution in [0.15, 0.2) is 41.7 Å². The van der Waals surface area contributed by atoms with Crippen LogP contribution in [0.2, 0.25) is 0 Å². The summed E-state index contributed by atoms with van der Waals surface area (Å²) in [7, 11) is 0. The third-order valence-corrected chi connectivity index (χ3v) is 4.74. The van der Waals surface area contributed by atoms with Gasteiger partial charge in [0.2, 0.25) is 5.78 Å². The summed E-state index contributed by atoms with van der Waals surface area (Å²) in [6.45, 7) is 2.91. The van der Waals surface area contributed by atoms with Gasteiger partial charge in [0.05, 0.1) is 6.61 Å². The Balaban J connectivity index is 1.90. The van der Waals surface area contributed by atoms with E-state index < -0.39 is 0 Å². The van der Waals surface area contributed by atoms with E-state index in [-0.39, 0.29) is 17.6 Å². The van der Waals surface area contributed by atoms with Crippen molar-refractivity contribution in [3.8, 4) is 0 Å². The molecule has 2 heteroatoms. The van der Waals surface area contributed by atoms with E-state index in [4.69, 9.17) is 4.74 Å². The quantitative estimate of drug-likeness (QED) is 0.738. The second-order valence-electron chi connectivity index (χ2n) is 6.16. The topological polar surface area (TPSA) is 26.3 Å². The van der Waals surface area contributed by atoms with Crippen molar-refractivity contribution in [1.82, 2.24) is 0 Å². The molecule has 2 aliphatic rings. The zero-order valence-electron chi connectivity index (χ0n) is 12.8. The fourth-order valence-electron chi connectivity index (χ4n) is 3.74. The molecule has 1 aromatic rings. The van der Waals surface area contributed by atoms with Crippen LogP contribution in [0.3, 0.4) is 0 Å². The van der Waals surface area contributed by atoms with Crippen molar-refractivity contribution in [2.45, 2.75) is 51.4 Å². The fraction of sp³-hybridized carbons (Fsp3) is 0.526. The number of allylic oxidation sites excluding steroid dienone is 2. The summed E-state index contributed by atoms with van der Waals surface area (Å²) in [5.74, 6) is 1.32. The van der Waals surface area contributed by atoms with Gasteiger partial charge < -0.3 is 4.74 Å². The van der Waals surface area contributed by atoms with Crippen LogP contribution in [0.5, 0.6) is 0 Å². The third kappa shape index (κ3) is 2.76. The lowest BCUT2D eigenvalue weighted by Gasteiger charge is -2.22. The summed E-state index contributed by atoms with van der Waals surface area (Å²) >= 11 is 0. The Labute approximate surface area is 127 Å². The van der Waals surface area contributed by atoms with Gasteiger partial charge in [-0.1, -0.05) is 56.5 Å². The molecule has 1 aromatic carbocycles. The van der Waals surface area contributed by atoms with E-state index in [1.165, 1.54) is 24.0 Å². The lowest BCUT2D eigenvalue weighted by molar-refractivity contribution is -0.122. The average Bonchev–Trinajstić information content (AvgIpc) is 2.82. The van der Waals surface area contributed by atoms with Crippen LogP contribution in [0, 0.1) is 5.92 Å². The predicted octanol–water partition coefficient (Wildman–Crippen LogP) is 4.61. The van der Waals surface area contributed by atoms with E-state index in [1.54, 1.807) is 0 Å². The number of Topliss-reactive ketones (excluding diaryl/α,β-unsaturated/α-hetero) is 1. The van der Waals surface area contributed by atoms with Gasteiger partial charge in [0.1, 0.15) is 0 Å². The van der Waals surface area contributed by atoms with Crippen LogP contribution >= 0.6 is 0 Å². The molecule has 0 spiro atoms. The Kier molecular flexibility index (Phi) is 4.42. The highest BCUT2D eigenvalue weighted by atomic mass is 16.5. The Morgan fingerprint density at radius 1 is 1.19 bits per heavy atom. The maximum absolute atomic E-state index is 12.7. The number of rotatable bonds is 5. The number of hydrogen-bond donors (Lipinski definition) is 0. The van der Waals surface area contributed by atoms with Gasteiger partial charge in [-0.15, -0.1) is 0 Å². The standard InChI is InChI=1S/C19H24O2/c1-2-3-5-11-15-17(14-9-6-4-7-10-14)16-12-8-13-21-19(16)18(15)20/h4,6-7,9-10,15,17H,2-3,5,8,11-13H2,1H3/t15-,17+/m0/s1. The van der Waals surface area contributed by atoms with Crippen molar-refractivity contribution in [2.75, 3.05) is 6.61 Å². The van der Waals surface area contributed by atoms with Crippen LogP contribution in [0.4, 0.5) is 0 Å². The Bertz CT molecular complexity index is 530. The molecule has 1 aliphatic heterocycles. The highest BCUT2D eigenvalue weighted by Crippen LogP contribution is 2.47. The van der Waals surface area contributed by atoms with Crippen LogP contribution in [0.1, 0.15) is 56.9 Å². The minimum Gasteiger partial charge on any atom is -0.490 e. The fourth-order valence-corrected chi connectivity index (χ4v) is 3.74. The lowest BCUT2D eigenvalue weighted by atomic mass is 9.80. The Morgan fingerprint density at radius 2 is 2.00 bits per heavy atom. The molecule has 0 fully saturated rings. The summed E-state index contributed by atoms with van der Waals surface area (Å²) in [6, 6.07) is 10.5. The molecule has 0 aromatic heterocycles. The monoisotopic (exact) mass is 284 g/mol. The first kappa shape index (κ1) is 14.4. The van der Waals surface area contributed by atoms with Crippen molar-refractivity contribution in [2.24, 2.45) is 5.92 Å². The first-order valence-electron chi connectivity index (χ1n) is 8.28. The molecular weight excluding hydrogens is 260 g/mol. The highest BCUT2D eigenvalue weighted by molar-refractivity contribution is 6.00. The predicted molar refractivity (Wildman–Crippen MR) is 84.0 cm³/mol. The molecule has 0 saturated heterocycles. The van der Waals surface area contributed by atoms with Gasteiger partial charge >= 0.3 is 0 Å². The minimum absolute atomic E-state index is 0.0991. The number of unbranched alkanes of at least 4 members (excludes halogenated alkanes) is 2. The van der Waals surface area contributed by atoms with Crippen LogP contribution in [-0.4, -0.2) is 12.4 Å². The number of carbonyl (C=O) groups is 1. The Morgan fingerprint density at radius 3 is 2.76 bits per heavy atom. The zero-order valence-corrected chi connectivity index (χ0v) is 12.8. The van der Waals surface area contributed by atoms with E-state index in [9.17, 15) is 4.79 Å². The second kappa shape index (κ2) is 6.46. The van der Waals surface area contributed by atoms with E-state index in [2.05, 4.69) is 31.2 Å². The first-order chi connectivity index (χ1) is 10.3. The molecule has 0 bridgehead atoms. The van der Waals surface area contributed by atoms with E-state index in [0.29, 0.717) is 12.4 Å². The first-order valence-corrected chi connectivity index (χ1v) is 8.28. The van der Waals surface area contributed by atoms with Crippen molar-refractivity contribution in [1.29, 1.82) is 0 Å². The molecule has 0 amide bonds. The van der Waals surface area contributed by atoms with E-state index in [0.717, 1.165) is 25.7 Å². The molecule has 21 heavy (non-hydrogen) atoms. The van der Waals surface area contributed by atoms with Gasteiger partial charge in [-0.25, -0.2) is 0 Å². The minimum atomic E-state index is 0.0991. The normalized spacial score (nSPS) is 24.9. The van der Waals surface area contributed by atoms with Gasteiger partial charge in [0, 0.05) is 11.8 Å². The largest absolute Gasteiger partial charge is 0.490 e. The zero-order chi connectivity index (χ0) is 14.7. The van der Waals surface area contributed by atoms with Gasteiger partial charge in [-0.3, -0.25) is 4.79 Å². The SMILES string of the molecule is CCCCC[C@@H]1C(=O)C2=C(CCCO2)[C@@H]1c1ccccc1. The van der Waals surface area contributed by atoms with Crippen molar-refractivity contribution < 1.29 is 9.53 Å². The number of ether oxygens (including phenoxy) is 1. The number of hydrogen-bond acceptors (Lipinski definition) is 2. The summed E-state index contributed by atoms with van der Waals surface area (Å²) < 4.78 is 5.73. The summed E-state index contributed by atoms with van der Waals surface area (Å²) in [5, 5.41) is 0. The molecule has 2 nitrogen and oxygen atoms in total. The number of benzene rings is 1. The number of ketones is 1. The third-order valence-electron chi connectivity index (χ3n) is 4.74. The molecule has 0 unspecified atom stereocenters. The Hall–Kier alpha value is -1.57.